The summed E-state index contributed by atoms with van der Waals surface area (Å²) in [5.41, 5.74) is 15.6. The first kappa shape index (κ1) is 43.8. The molecule has 76 heavy (non-hydrogen) atoms. The van der Waals surface area contributed by atoms with Crippen molar-refractivity contribution in [3.63, 3.8) is 0 Å². The normalized spacial score (nSPS) is 11.9. The van der Waals surface area contributed by atoms with Gasteiger partial charge >= 0.3 is 0 Å². The molecule has 15 aromatic rings. The fraction of sp³-hybridized carbons (Fsp3) is 0. The third-order valence-corrected chi connectivity index (χ3v) is 20.6. The molecule has 3 heterocycles. The van der Waals surface area contributed by atoms with Gasteiger partial charge < -0.3 is 13.6 Å². The molecule has 0 radical (unpaired) electrons. The van der Waals surface area contributed by atoms with Crippen LogP contribution in [-0.2, 0) is 0 Å². The van der Waals surface area contributed by atoms with Gasteiger partial charge in [-0.15, -0.1) is 0 Å². The molecule has 0 saturated carbocycles. The van der Waals surface area contributed by atoms with E-state index in [4.69, 9.17) is 4.42 Å². The molecule has 3 aromatic heterocycles. The third-order valence-electron chi connectivity index (χ3n) is 15.9. The topological polar surface area (TPSA) is 23.0 Å². The van der Waals surface area contributed by atoms with E-state index in [9.17, 15) is 0 Å². The molecule has 15 rings (SSSR count). The second-order valence-electron chi connectivity index (χ2n) is 19.9. The molecule has 0 spiro atoms. The molecule has 0 aliphatic rings. The molecule has 0 unspecified atom stereocenters. The van der Waals surface area contributed by atoms with E-state index < -0.39 is 8.07 Å². The number of hydrogen-bond acceptors (Lipinski definition) is 1. The summed E-state index contributed by atoms with van der Waals surface area (Å²) in [6.45, 7) is 0. The maximum absolute atomic E-state index is 6.48. The van der Waals surface area contributed by atoms with Gasteiger partial charge in [0.05, 0.1) is 27.8 Å². The highest BCUT2D eigenvalue weighted by Gasteiger charge is 2.42. The maximum Gasteiger partial charge on any atom is 0.179 e. The first-order chi connectivity index (χ1) is 37.7. The van der Waals surface area contributed by atoms with Crippen LogP contribution in [0.25, 0.3) is 110 Å². The van der Waals surface area contributed by atoms with Crippen molar-refractivity contribution >= 4 is 94.4 Å². The highest BCUT2D eigenvalue weighted by molar-refractivity contribution is 7.20. The number of benzene rings is 12. The molecule has 0 saturated heterocycles. The zero-order chi connectivity index (χ0) is 50.2. The lowest BCUT2D eigenvalue weighted by Gasteiger charge is -2.36. The number of nitrogens with zero attached hydrogens (tertiary/aromatic N) is 2. The molecule has 0 amide bonds. The largest absolute Gasteiger partial charge is 0.456 e. The summed E-state index contributed by atoms with van der Waals surface area (Å²) in [6.07, 6.45) is 0. The van der Waals surface area contributed by atoms with Crippen molar-refractivity contribution < 1.29 is 4.42 Å². The molecule has 0 fully saturated rings. The van der Waals surface area contributed by atoms with Gasteiger partial charge in [-0.3, -0.25) is 0 Å². The van der Waals surface area contributed by atoms with Crippen molar-refractivity contribution in [3.05, 3.63) is 291 Å². The van der Waals surface area contributed by atoms with Crippen LogP contribution in [0.1, 0.15) is 0 Å². The standard InChI is InChI=1S/C72H48N2OSi/c1-6-24-49(25-7-1)62-47-55(76(52-28-10-3-11-29-52,53-30-12-4-13-31-53)54-32-14-5-15-33-54)48-63(50-26-8-2-9-27-50)72(62)74-66-41-20-17-35-57(66)64-46-51(44-45-67(64)74)73-65-40-19-16-34-56(65)59-38-22-39-60(71(59)73)58-37-23-43-69-70(58)61-36-18-21-42-68(61)75-69/h1-48H. The predicted molar refractivity (Wildman–Crippen MR) is 322 cm³/mol. The van der Waals surface area contributed by atoms with Crippen molar-refractivity contribution in [2.45, 2.75) is 0 Å². The summed E-state index contributed by atoms with van der Waals surface area (Å²) in [6, 6.07) is 108. The van der Waals surface area contributed by atoms with Gasteiger partial charge in [0.2, 0.25) is 0 Å². The number of aromatic nitrogens is 2. The van der Waals surface area contributed by atoms with Crippen molar-refractivity contribution in [1.82, 2.24) is 9.13 Å². The number of furan rings is 1. The van der Waals surface area contributed by atoms with E-state index >= 15 is 0 Å². The Morgan fingerprint density at radius 3 is 1.33 bits per heavy atom. The van der Waals surface area contributed by atoms with Gasteiger partial charge in [-0.1, -0.05) is 249 Å². The van der Waals surface area contributed by atoms with E-state index in [0.717, 1.165) is 72.1 Å². The summed E-state index contributed by atoms with van der Waals surface area (Å²) < 4.78 is 11.5. The van der Waals surface area contributed by atoms with Crippen molar-refractivity contribution in [2.75, 3.05) is 0 Å². The minimum Gasteiger partial charge on any atom is -0.456 e. The van der Waals surface area contributed by atoms with Gasteiger partial charge in [-0.05, 0) is 79.9 Å². The number of hydrogen-bond donors (Lipinski definition) is 0. The maximum atomic E-state index is 6.48. The molecule has 0 N–H and O–H groups in total. The third kappa shape index (κ3) is 6.68. The smallest absolute Gasteiger partial charge is 0.179 e. The lowest BCUT2D eigenvalue weighted by molar-refractivity contribution is 0.669. The lowest BCUT2D eigenvalue weighted by atomic mass is 9.95. The van der Waals surface area contributed by atoms with Crippen molar-refractivity contribution in [3.8, 4) is 44.8 Å². The molecule has 356 valence electrons. The van der Waals surface area contributed by atoms with Crippen molar-refractivity contribution in [2.24, 2.45) is 0 Å². The monoisotopic (exact) mass is 984 g/mol. The quantitative estimate of drug-likeness (QED) is 0.104. The highest BCUT2D eigenvalue weighted by atomic mass is 28.3. The average Bonchev–Trinajstić information content (AvgIpc) is 4.17. The summed E-state index contributed by atoms with van der Waals surface area (Å²) in [7, 11) is -3.00. The van der Waals surface area contributed by atoms with Gasteiger partial charge in [-0.25, -0.2) is 0 Å². The van der Waals surface area contributed by atoms with Gasteiger partial charge in [0.15, 0.2) is 8.07 Å². The highest BCUT2D eigenvalue weighted by Crippen LogP contribution is 2.45. The van der Waals surface area contributed by atoms with Gasteiger partial charge in [0, 0.05) is 54.7 Å². The molecular weight excluding hydrogens is 937 g/mol. The Morgan fingerprint density at radius 1 is 0.276 bits per heavy atom. The summed E-state index contributed by atoms with van der Waals surface area (Å²) in [4.78, 5) is 0. The summed E-state index contributed by atoms with van der Waals surface area (Å²) in [5, 5.41) is 12.4. The Morgan fingerprint density at radius 2 is 0.724 bits per heavy atom. The van der Waals surface area contributed by atoms with Crippen LogP contribution >= 0.6 is 0 Å². The van der Waals surface area contributed by atoms with Crippen LogP contribution in [0.5, 0.6) is 0 Å². The fourth-order valence-electron chi connectivity index (χ4n) is 12.7. The SMILES string of the molecule is c1ccc(-c2cc([Si](c3ccccc3)(c3ccccc3)c3ccccc3)cc(-c3ccccc3)c2-n2c3ccccc3c3cc(-n4c5ccccc5c5cccc(-c6cccc7oc8ccccc8c67)c54)ccc32)cc1. The van der Waals surface area contributed by atoms with Gasteiger partial charge in [-0.2, -0.15) is 0 Å². The summed E-state index contributed by atoms with van der Waals surface area (Å²) in [5.74, 6) is 0. The molecule has 0 atom stereocenters. The molecule has 0 aliphatic heterocycles. The molecule has 12 aromatic carbocycles. The first-order valence-electron chi connectivity index (χ1n) is 26.2. The molecule has 4 heteroatoms. The van der Waals surface area contributed by atoms with Crippen LogP contribution in [0.3, 0.4) is 0 Å². The van der Waals surface area contributed by atoms with Crippen LogP contribution in [0, 0.1) is 0 Å². The van der Waals surface area contributed by atoms with E-state index in [0.29, 0.717) is 0 Å². The fourth-order valence-corrected chi connectivity index (χ4v) is 17.5. The Balaban J connectivity index is 1.04. The van der Waals surface area contributed by atoms with E-state index in [1.54, 1.807) is 0 Å². The van der Waals surface area contributed by atoms with E-state index in [-0.39, 0.29) is 0 Å². The second-order valence-corrected chi connectivity index (χ2v) is 23.7. The number of rotatable bonds is 9. The van der Waals surface area contributed by atoms with Crippen LogP contribution in [0.2, 0.25) is 0 Å². The molecule has 0 aliphatic carbocycles. The molecule has 0 bridgehead atoms. The zero-order valence-electron chi connectivity index (χ0n) is 41.5. The Kier molecular flexibility index (Phi) is 10.2. The average molecular weight is 985 g/mol. The van der Waals surface area contributed by atoms with Crippen molar-refractivity contribution in [1.29, 1.82) is 0 Å². The minimum absolute atomic E-state index is 0.888. The minimum atomic E-state index is -3.00. The number of para-hydroxylation sites is 4. The predicted octanol–water partition coefficient (Wildman–Crippen LogP) is 16.2. The van der Waals surface area contributed by atoms with E-state index in [1.807, 2.05) is 6.07 Å². The van der Waals surface area contributed by atoms with Gasteiger partial charge in [0.25, 0.3) is 0 Å². The van der Waals surface area contributed by atoms with Crippen LogP contribution < -0.4 is 20.7 Å². The molecule has 3 nitrogen and oxygen atoms in total. The second kappa shape index (κ2) is 17.7. The zero-order valence-corrected chi connectivity index (χ0v) is 42.5. The molecular formula is C72H48N2OSi. The van der Waals surface area contributed by atoms with E-state index in [2.05, 4.69) is 294 Å². The Hall–Kier alpha value is -9.74. The Bertz CT molecular complexity index is 4510. The van der Waals surface area contributed by atoms with Crippen LogP contribution in [0.15, 0.2) is 296 Å². The number of fused-ring (bicyclic) bond motifs is 9. The first-order valence-corrected chi connectivity index (χ1v) is 28.2. The van der Waals surface area contributed by atoms with Crippen LogP contribution in [0.4, 0.5) is 0 Å². The Labute approximate surface area is 441 Å². The summed E-state index contributed by atoms with van der Waals surface area (Å²) >= 11 is 0. The van der Waals surface area contributed by atoms with Gasteiger partial charge in [0.1, 0.15) is 11.2 Å². The van der Waals surface area contributed by atoms with Crippen LogP contribution in [-0.4, -0.2) is 17.2 Å². The van der Waals surface area contributed by atoms with E-state index in [1.165, 1.54) is 58.9 Å². The lowest BCUT2D eigenvalue weighted by Crippen LogP contribution is -2.74.